The normalized spacial score (nSPS) is 20.3. The molecule has 0 unspecified atom stereocenters. The Labute approximate surface area is 154 Å². The van der Waals surface area contributed by atoms with Gasteiger partial charge in [0.15, 0.2) is 6.61 Å². The Hall–Kier alpha value is -2.09. The quantitative estimate of drug-likeness (QED) is 0.762. The van der Waals surface area contributed by atoms with Gasteiger partial charge < -0.3 is 9.64 Å². The summed E-state index contributed by atoms with van der Waals surface area (Å²) in [5, 5.41) is 0. The van der Waals surface area contributed by atoms with Crippen molar-refractivity contribution in [2.75, 3.05) is 24.6 Å². The van der Waals surface area contributed by atoms with E-state index in [1.807, 2.05) is 0 Å². The van der Waals surface area contributed by atoms with Crippen LogP contribution in [0.4, 0.5) is 5.69 Å². The van der Waals surface area contributed by atoms with Gasteiger partial charge in [-0.3, -0.25) is 9.52 Å². The molecule has 26 heavy (non-hydrogen) atoms. The van der Waals surface area contributed by atoms with Gasteiger partial charge in [-0.15, -0.1) is 0 Å². The summed E-state index contributed by atoms with van der Waals surface area (Å²) >= 11 is 0. The highest BCUT2D eigenvalue weighted by Crippen LogP contribution is 2.26. The molecule has 8 heteroatoms. The van der Waals surface area contributed by atoms with Crippen molar-refractivity contribution in [1.29, 1.82) is 0 Å². The lowest BCUT2D eigenvalue weighted by Crippen LogP contribution is -2.41. The molecule has 1 aromatic carbocycles. The highest BCUT2D eigenvalue weighted by atomic mass is 32.2. The molecule has 0 aromatic heterocycles. The van der Waals surface area contributed by atoms with Crippen molar-refractivity contribution in [2.24, 2.45) is 5.92 Å². The number of esters is 1. The third kappa shape index (κ3) is 5.72. The van der Waals surface area contributed by atoms with Gasteiger partial charge in [-0.25, -0.2) is 13.2 Å². The minimum absolute atomic E-state index is 0.0693. The van der Waals surface area contributed by atoms with Crippen LogP contribution in [0.2, 0.25) is 0 Å². The van der Waals surface area contributed by atoms with E-state index in [9.17, 15) is 18.0 Å². The van der Waals surface area contributed by atoms with Gasteiger partial charge in [-0.05, 0) is 43.7 Å². The second-order valence-electron chi connectivity index (χ2n) is 6.91. The number of carbonyl (C=O) groups is 2. The SMILES string of the molecule is CC1CCC(N(C)C(=O)COC(=O)c2ccccc2NS(C)(=O)=O)CC1. The molecular weight excluding hydrogens is 356 g/mol. The molecule has 0 radical (unpaired) electrons. The van der Waals surface area contributed by atoms with E-state index < -0.39 is 16.0 Å². The zero-order chi connectivity index (χ0) is 19.3. The van der Waals surface area contributed by atoms with E-state index in [2.05, 4.69) is 11.6 Å². The van der Waals surface area contributed by atoms with Crippen molar-refractivity contribution in [3.63, 3.8) is 0 Å². The number of hydrogen-bond acceptors (Lipinski definition) is 5. The lowest BCUT2D eigenvalue weighted by molar-refractivity contribution is -0.136. The average Bonchev–Trinajstić information content (AvgIpc) is 2.58. The number of anilines is 1. The topological polar surface area (TPSA) is 92.8 Å². The Bertz CT molecular complexity index is 755. The summed E-state index contributed by atoms with van der Waals surface area (Å²) in [4.78, 5) is 26.2. The molecule has 1 amide bonds. The summed E-state index contributed by atoms with van der Waals surface area (Å²) in [6.07, 6.45) is 5.09. The number of likely N-dealkylation sites (N-methyl/N-ethyl adjacent to an activating group) is 1. The van der Waals surface area contributed by atoms with Crippen LogP contribution < -0.4 is 4.72 Å². The van der Waals surface area contributed by atoms with Gasteiger partial charge in [0, 0.05) is 13.1 Å². The average molecular weight is 382 g/mol. The molecule has 144 valence electrons. The molecule has 1 aliphatic rings. The summed E-state index contributed by atoms with van der Waals surface area (Å²) in [6, 6.07) is 6.30. The minimum Gasteiger partial charge on any atom is -0.452 e. The second kappa shape index (κ2) is 8.53. The molecule has 7 nitrogen and oxygen atoms in total. The van der Waals surface area contributed by atoms with Gasteiger partial charge in [-0.1, -0.05) is 19.1 Å². The van der Waals surface area contributed by atoms with E-state index in [1.54, 1.807) is 24.1 Å². The van der Waals surface area contributed by atoms with Crippen molar-refractivity contribution in [1.82, 2.24) is 4.90 Å². The zero-order valence-electron chi connectivity index (χ0n) is 15.4. The lowest BCUT2D eigenvalue weighted by atomic mass is 9.87. The van der Waals surface area contributed by atoms with E-state index in [0.717, 1.165) is 31.9 Å². The van der Waals surface area contributed by atoms with Gasteiger partial charge in [0.05, 0.1) is 17.5 Å². The third-order valence-electron chi connectivity index (χ3n) is 4.70. The summed E-state index contributed by atoms with van der Waals surface area (Å²) in [6.45, 7) is 1.84. The highest BCUT2D eigenvalue weighted by molar-refractivity contribution is 7.92. The number of rotatable bonds is 6. The van der Waals surface area contributed by atoms with Gasteiger partial charge in [0.1, 0.15) is 0 Å². The Balaban J connectivity index is 1.95. The first-order chi connectivity index (χ1) is 12.2. The number of hydrogen-bond donors (Lipinski definition) is 1. The smallest absolute Gasteiger partial charge is 0.340 e. The zero-order valence-corrected chi connectivity index (χ0v) is 16.2. The molecule has 1 fully saturated rings. The predicted molar refractivity (Wildman–Crippen MR) is 99.4 cm³/mol. The molecule has 0 heterocycles. The fourth-order valence-electron chi connectivity index (χ4n) is 3.09. The van der Waals surface area contributed by atoms with Crippen LogP contribution in [0.15, 0.2) is 24.3 Å². The molecule has 0 bridgehead atoms. The predicted octanol–water partition coefficient (Wildman–Crippen LogP) is 2.25. The number of amides is 1. The Morgan fingerprint density at radius 2 is 1.81 bits per heavy atom. The van der Waals surface area contributed by atoms with Crippen LogP contribution in [0, 0.1) is 5.92 Å². The van der Waals surface area contributed by atoms with Crippen molar-refractivity contribution in [3.05, 3.63) is 29.8 Å². The summed E-state index contributed by atoms with van der Waals surface area (Å²) in [5.41, 5.74) is 0.196. The first-order valence-corrected chi connectivity index (χ1v) is 10.6. The Morgan fingerprint density at radius 3 is 2.42 bits per heavy atom. The number of benzene rings is 1. The molecule has 1 aromatic rings. The van der Waals surface area contributed by atoms with Crippen molar-refractivity contribution < 1.29 is 22.7 Å². The number of para-hydroxylation sites is 1. The largest absolute Gasteiger partial charge is 0.452 e. The summed E-state index contributed by atoms with van der Waals surface area (Å²) in [5.74, 6) is -0.311. The van der Waals surface area contributed by atoms with Gasteiger partial charge in [0.2, 0.25) is 10.0 Å². The summed E-state index contributed by atoms with van der Waals surface area (Å²) < 4.78 is 30.2. The van der Waals surface area contributed by atoms with Crippen molar-refractivity contribution >= 4 is 27.6 Å². The van der Waals surface area contributed by atoms with E-state index in [0.29, 0.717) is 5.92 Å². The number of carbonyl (C=O) groups excluding carboxylic acids is 2. The molecule has 0 saturated heterocycles. The number of sulfonamides is 1. The second-order valence-corrected chi connectivity index (χ2v) is 8.66. The standard InChI is InChI=1S/C18H26N2O5S/c1-13-8-10-14(11-9-13)20(2)17(21)12-25-18(22)15-6-4-5-7-16(15)19-26(3,23)24/h4-7,13-14,19H,8-12H2,1-3H3. The molecule has 1 aliphatic carbocycles. The van der Waals surface area contributed by atoms with E-state index in [4.69, 9.17) is 4.74 Å². The number of ether oxygens (including phenoxy) is 1. The molecule has 0 spiro atoms. The maximum atomic E-state index is 12.3. The molecule has 1 saturated carbocycles. The fraction of sp³-hybridized carbons (Fsp3) is 0.556. The molecular formula is C18H26N2O5S. The molecule has 1 N–H and O–H groups in total. The van der Waals surface area contributed by atoms with Crippen LogP contribution in [0.3, 0.4) is 0 Å². The van der Waals surface area contributed by atoms with E-state index >= 15 is 0 Å². The van der Waals surface area contributed by atoms with Gasteiger partial charge >= 0.3 is 5.97 Å². The Morgan fingerprint density at radius 1 is 1.19 bits per heavy atom. The van der Waals surface area contributed by atoms with Gasteiger partial charge in [-0.2, -0.15) is 0 Å². The molecule has 0 aliphatic heterocycles. The first kappa shape index (κ1) is 20.2. The number of nitrogens with zero attached hydrogens (tertiary/aromatic N) is 1. The van der Waals surface area contributed by atoms with Crippen LogP contribution in [0.5, 0.6) is 0 Å². The Kier molecular flexibility index (Phi) is 6.63. The van der Waals surface area contributed by atoms with Crippen LogP contribution in [0.25, 0.3) is 0 Å². The maximum absolute atomic E-state index is 12.3. The van der Waals surface area contributed by atoms with Crippen LogP contribution >= 0.6 is 0 Å². The molecule has 2 rings (SSSR count). The van der Waals surface area contributed by atoms with Gasteiger partial charge in [0.25, 0.3) is 5.91 Å². The van der Waals surface area contributed by atoms with Crippen molar-refractivity contribution in [2.45, 2.75) is 38.6 Å². The number of nitrogens with one attached hydrogen (secondary N) is 1. The van der Waals surface area contributed by atoms with Crippen LogP contribution in [0.1, 0.15) is 43.0 Å². The van der Waals surface area contributed by atoms with Crippen LogP contribution in [-0.2, 0) is 19.6 Å². The lowest BCUT2D eigenvalue weighted by Gasteiger charge is -2.33. The minimum atomic E-state index is -3.53. The maximum Gasteiger partial charge on any atom is 0.340 e. The summed E-state index contributed by atoms with van der Waals surface area (Å²) in [7, 11) is -1.80. The van der Waals surface area contributed by atoms with Crippen LogP contribution in [-0.4, -0.2) is 51.1 Å². The van der Waals surface area contributed by atoms with E-state index in [1.165, 1.54) is 12.1 Å². The monoisotopic (exact) mass is 382 g/mol. The molecule has 0 atom stereocenters. The first-order valence-electron chi connectivity index (χ1n) is 8.67. The third-order valence-corrected chi connectivity index (χ3v) is 5.29. The fourth-order valence-corrected chi connectivity index (χ4v) is 3.67. The van der Waals surface area contributed by atoms with E-state index in [-0.39, 0.29) is 29.8 Å². The van der Waals surface area contributed by atoms with Crippen molar-refractivity contribution in [3.8, 4) is 0 Å². The highest BCUT2D eigenvalue weighted by Gasteiger charge is 2.25.